The molecular weight excluding hydrogens is 276 g/mol. The maximum atomic E-state index is 11.7. The van der Waals surface area contributed by atoms with E-state index in [1.165, 1.54) is 0 Å². The van der Waals surface area contributed by atoms with Crippen LogP contribution in [-0.4, -0.2) is 26.6 Å². The number of benzene rings is 2. The van der Waals surface area contributed by atoms with E-state index in [-0.39, 0.29) is 0 Å². The van der Waals surface area contributed by atoms with Crippen molar-refractivity contribution in [2.45, 2.75) is 11.0 Å². The Morgan fingerprint density at radius 2 is 1.70 bits per heavy atom. The lowest BCUT2D eigenvalue weighted by molar-refractivity contribution is -0.146. The summed E-state index contributed by atoms with van der Waals surface area (Å²) in [6, 6.07) is 13.9. The molecule has 0 aliphatic rings. The van der Waals surface area contributed by atoms with Gasteiger partial charge in [-0.05, 0) is 22.8 Å². The predicted octanol–water partition coefficient (Wildman–Crippen LogP) is 2.21. The van der Waals surface area contributed by atoms with Crippen molar-refractivity contribution in [1.29, 1.82) is 0 Å². The van der Waals surface area contributed by atoms with Crippen molar-refractivity contribution in [1.82, 2.24) is 0 Å². The number of hydrogen-bond donors (Lipinski definition) is 2. The van der Waals surface area contributed by atoms with Crippen LogP contribution in [0.15, 0.2) is 53.4 Å². The molecule has 2 rings (SSSR count). The summed E-state index contributed by atoms with van der Waals surface area (Å²) >= 11 is 0. The number of aliphatic carboxylic acids is 1. The quantitative estimate of drug-likeness (QED) is 0.905. The number of rotatable bonds is 4. The molecule has 0 saturated heterocycles. The summed E-state index contributed by atoms with van der Waals surface area (Å²) in [5.41, 5.74) is 1.98. The average Bonchev–Trinajstić information content (AvgIpc) is 2.46. The standard InChI is InChI=1S/C15H14O4S/c1-20(19)13-5-3-2-4-12(13)10-6-8-11(9-7-10)14(16)15(17)18/h2-9,14,16H,1H3,(H,17,18). The SMILES string of the molecule is CS(=O)c1ccccc1-c1ccc(C(O)C(=O)O)cc1. The van der Waals surface area contributed by atoms with Gasteiger partial charge in [-0.2, -0.15) is 0 Å². The number of carbonyl (C=O) groups is 1. The number of carboxylic acid groups (broad SMARTS) is 1. The van der Waals surface area contributed by atoms with Crippen molar-refractivity contribution in [3.8, 4) is 11.1 Å². The highest BCUT2D eigenvalue weighted by Crippen LogP contribution is 2.27. The second-order valence-corrected chi connectivity index (χ2v) is 5.66. The van der Waals surface area contributed by atoms with E-state index in [1.807, 2.05) is 18.2 Å². The molecule has 0 fully saturated rings. The molecule has 0 spiro atoms. The molecule has 2 aromatic rings. The van der Waals surface area contributed by atoms with E-state index in [0.717, 1.165) is 16.0 Å². The van der Waals surface area contributed by atoms with Crippen LogP contribution >= 0.6 is 0 Å². The van der Waals surface area contributed by atoms with Gasteiger partial charge in [-0.3, -0.25) is 4.21 Å². The third-order valence-electron chi connectivity index (χ3n) is 2.97. The van der Waals surface area contributed by atoms with Crippen molar-refractivity contribution >= 4 is 16.8 Å². The van der Waals surface area contributed by atoms with Crippen molar-refractivity contribution in [2.75, 3.05) is 6.26 Å². The van der Waals surface area contributed by atoms with Gasteiger partial charge in [0.2, 0.25) is 0 Å². The number of carboxylic acids is 1. The summed E-state index contributed by atoms with van der Waals surface area (Å²) in [6.07, 6.45) is 0.0843. The van der Waals surface area contributed by atoms with Crippen LogP contribution in [0.2, 0.25) is 0 Å². The Bertz CT molecular complexity index is 649. The molecule has 0 bridgehead atoms. The first-order valence-corrected chi connectivity index (χ1v) is 7.50. The molecule has 2 N–H and O–H groups in total. The van der Waals surface area contributed by atoms with E-state index < -0.39 is 22.9 Å². The molecule has 2 unspecified atom stereocenters. The zero-order chi connectivity index (χ0) is 14.7. The summed E-state index contributed by atoms with van der Waals surface area (Å²) < 4.78 is 11.7. The first kappa shape index (κ1) is 14.4. The van der Waals surface area contributed by atoms with Crippen LogP contribution in [-0.2, 0) is 15.6 Å². The lowest BCUT2D eigenvalue weighted by atomic mass is 10.0. The molecule has 0 aromatic heterocycles. The molecule has 0 radical (unpaired) electrons. The highest BCUT2D eigenvalue weighted by molar-refractivity contribution is 7.84. The fourth-order valence-corrected chi connectivity index (χ4v) is 2.71. The van der Waals surface area contributed by atoms with Gasteiger partial charge in [0.15, 0.2) is 6.10 Å². The second-order valence-electron chi connectivity index (χ2n) is 4.31. The molecule has 2 atom stereocenters. The molecule has 4 nitrogen and oxygen atoms in total. The average molecular weight is 290 g/mol. The minimum atomic E-state index is -1.53. The van der Waals surface area contributed by atoms with Crippen LogP contribution in [0.1, 0.15) is 11.7 Å². The van der Waals surface area contributed by atoms with E-state index in [0.29, 0.717) is 5.56 Å². The fourth-order valence-electron chi connectivity index (χ4n) is 1.94. The predicted molar refractivity (Wildman–Crippen MR) is 76.8 cm³/mol. The molecule has 2 aromatic carbocycles. The Labute approximate surface area is 119 Å². The summed E-state index contributed by atoms with van der Waals surface area (Å²) in [5, 5.41) is 18.2. The van der Waals surface area contributed by atoms with Gasteiger partial charge in [-0.1, -0.05) is 42.5 Å². The number of aliphatic hydroxyl groups excluding tert-OH is 1. The molecule has 0 saturated carbocycles. The van der Waals surface area contributed by atoms with Gasteiger partial charge in [0.05, 0.1) is 10.8 Å². The highest BCUT2D eigenvalue weighted by Gasteiger charge is 2.16. The van der Waals surface area contributed by atoms with Gasteiger partial charge < -0.3 is 10.2 Å². The number of aliphatic hydroxyl groups is 1. The van der Waals surface area contributed by atoms with Crippen molar-refractivity contribution in [2.24, 2.45) is 0 Å². The monoisotopic (exact) mass is 290 g/mol. The van der Waals surface area contributed by atoms with Crippen molar-refractivity contribution in [3.63, 3.8) is 0 Å². The van der Waals surface area contributed by atoms with E-state index >= 15 is 0 Å². The summed E-state index contributed by atoms with van der Waals surface area (Å²) in [4.78, 5) is 11.4. The summed E-state index contributed by atoms with van der Waals surface area (Å²) in [5.74, 6) is -1.28. The van der Waals surface area contributed by atoms with Crippen LogP contribution in [0.25, 0.3) is 11.1 Å². The maximum Gasteiger partial charge on any atom is 0.337 e. The molecule has 0 aliphatic carbocycles. The zero-order valence-electron chi connectivity index (χ0n) is 10.8. The van der Waals surface area contributed by atoms with Crippen LogP contribution in [0, 0.1) is 0 Å². The van der Waals surface area contributed by atoms with Crippen LogP contribution in [0.4, 0.5) is 0 Å². The first-order chi connectivity index (χ1) is 9.50. The van der Waals surface area contributed by atoms with E-state index in [4.69, 9.17) is 5.11 Å². The van der Waals surface area contributed by atoms with Crippen LogP contribution < -0.4 is 0 Å². The van der Waals surface area contributed by atoms with Crippen LogP contribution in [0.3, 0.4) is 0 Å². The Morgan fingerprint density at radius 3 is 2.25 bits per heavy atom. The van der Waals surface area contributed by atoms with Crippen molar-refractivity contribution in [3.05, 3.63) is 54.1 Å². The van der Waals surface area contributed by atoms with Gasteiger partial charge in [0, 0.05) is 11.2 Å². The topological polar surface area (TPSA) is 74.6 Å². The first-order valence-electron chi connectivity index (χ1n) is 5.94. The molecule has 20 heavy (non-hydrogen) atoms. The summed E-state index contributed by atoms with van der Waals surface area (Å²) in [7, 11) is -1.11. The Hall–Kier alpha value is -1.98. The third kappa shape index (κ3) is 2.95. The zero-order valence-corrected chi connectivity index (χ0v) is 11.6. The third-order valence-corrected chi connectivity index (χ3v) is 3.94. The molecule has 5 heteroatoms. The van der Waals surface area contributed by atoms with Gasteiger partial charge in [0.25, 0.3) is 0 Å². The Balaban J connectivity index is 2.41. The van der Waals surface area contributed by atoms with E-state index in [1.54, 1.807) is 36.6 Å². The molecule has 0 heterocycles. The normalized spacial score (nSPS) is 13.7. The Morgan fingerprint density at radius 1 is 1.10 bits per heavy atom. The molecule has 0 aliphatic heterocycles. The van der Waals surface area contributed by atoms with Gasteiger partial charge in [0.1, 0.15) is 0 Å². The minimum absolute atomic E-state index is 0.316. The molecular formula is C15H14O4S. The Kier molecular flexibility index (Phi) is 4.32. The van der Waals surface area contributed by atoms with E-state index in [2.05, 4.69) is 0 Å². The second kappa shape index (κ2) is 5.98. The maximum absolute atomic E-state index is 11.7. The smallest absolute Gasteiger partial charge is 0.337 e. The largest absolute Gasteiger partial charge is 0.479 e. The van der Waals surface area contributed by atoms with Crippen molar-refractivity contribution < 1.29 is 19.2 Å². The lowest BCUT2D eigenvalue weighted by Gasteiger charge is -2.09. The highest BCUT2D eigenvalue weighted by atomic mass is 32.2. The fraction of sp³-hybridized carbons (Fsp3) is 0.133. The van der Waals surface area contributed by atoms with Gasteiger partial charge >= 0.3 is 5.97 Å². The van der Waals surface area contributed by atoms with Gasteiger partial charge in [-0.15, -0.1) is 0 Å². The molecule has 104 valence electrons. The summed E-state index contributed by atoms with van der Waals surface area (Å²) in [6.45, 7) is 0. The van der Waals surface area contributed by atoms with Gasteiger partial charge in [-0.25, -0.2) is 4.79 Å². The minimum Gasteiger partial charge on any atom is -0.479 e. The van der Waals surface area contributed by atoms with Crippen LogP contribution in [0.5, 0.6) is 0 Å². The lowest BCUT2D eigenvalue weighted by Crippen LogP contribution is -2.10. The van der Waals surface area contributed by atoms with E-state index in [9.17, 15) is 14.1 Å². The molecule has 0 amide bonds. The number of hydrogen-bond acceptors (Lipinski definition) is 3.